The summed E-state index contributed by atoms with van der Waals surface area (Å²) < 4.78 is 5.15. The summed E-state index contributed by atoms with van der Waals surface area (Å²) in [5, 5.41) is 2.31. The molecule has 0 radical (unpaired) electrons. The summed E-state index contributed by atoms with van der Waals surface area (Å²) in [6.45, 7) is 5.19. The van der Waals surface area contributed by atoms with Gasteiger partial charge in [-0.2, -0.15) is 0 Å². The molecule has 42 valence electrons. The van der Waals surface area contributed by atoms with Crippen molar-refractivity contribution in [3.8, 4) is 0 Å². The van der Waals surface area contributed by atoms with Gasteiger partial charge in [0.1, 0.15) is 6.04 Å². The van der Waals surface area contributed by atoms with Crippen LogP contribution in [0.5, 0.6) is 0 Å². The van der Waals surface area contributed by atoms with Gasteiger partial charge in [-0.3, -0.25) is 0 Å². The molecule has 0 unspecified atom stereocenters. The third-order valence-electron chi connectivity index (χ3n) is 1.21. The topological polar surface area (TPSA) is 25.8 Å². The van der Waals surface area contributed by atoms with E-state index in [0.29, 0.717) is 6.04 Å². The first-order valence-electron chi connectivity index (χ1n) is 2.80. The van der Waals surface area contributed by atoms with E-state index in [-0.39, 0.29) is 0 Å². The fourth-order valence-electron chi connectivity index (χ4n) is 0.773. The molecule has 0 aromatic carbocycles. The van der Waals surface area contributed by atoms with E-state index in [0.717, 1.165) is 19.8 Å². The van der Waals surface area contributed by atoms with E-state index in [1.54, 1.807) is 0 Å². The van der Waals surface area contributed by atoms with E-state index < -0.39 is 0 Å². The third kappa shape index (κ3) is 1.45. The van der Waals surface area contributed by atoms with Crippen molar-refractivity contribution in [1.29, 1.82) is 0 Å². The van der Waals surface area contributed by atoms with Gasteiger partial charge >= 0.3 is 0 Å². The minimum atomic E-state index is 0.689. The molecule has 1 rings (SSSR count). The number of morpholine rings is 1. The van der Waals surface area contributed by atoms with E-state index in [9.17, 15) is 0 Å². The van der Waals surface area contributed by atoms with Gasteiger partial charge in [0, 0.05) is 0 Å². The number of rotatable bonds is 0. The maximum Gasteiger partial charge on any atom is 0.107 e. The second-order valence-electron chi connectivity index (χ2n) is 2.08. The summed E-state index contributed by atoms with van der Waals surface area (Å²) in [6.07, 6.45) is 0. The lowest BCUT2D eigenvalue weighted by atomic mass is 10.3. The van der Waals surface area contributed by atoms with Crippen LogP contribution in [0.15, 0.2) is 0 Å². The summed E-state index contributed by atoms with van der Waals surface area (Å²) >= 11 is 0. The number of hydrogen-bond acceptors (Lipinski definition) is 1. The van der Waals surface area contributed by atoms with E-state index in [2.05, 4.69) is 12.2 Å². The second kappa shape index (κ2) is 2.28. The van der Waals surface area contributed by atoms with Crippen molar-refractivity contribution in [3.05, 3.63) is 0 Å². The van der Waals surface area contributed by atoms with Crippen LogP contribution in [-0.4, -0.2) is 25.8 Å². The smallest absolute Gasteiger partial charge is 0.107 e. The van der Waals surface area contributed by atoms with E-state index in [4.69, 9.17) is 4.74 Å². The lowest BCUT2D eigenvalue weighted by Crippen LogP contribution is -2.92. The van der Waals surface area contributed by atoms with Crippen molar-refractivity contribution < 1.29 is 10.1 Å². The van der Waals surface area contributed by atoms with Gasteiger partial charge in [0.25, 0.3) is 0 Å². The summed E-state index contributed by atoms with van der Waals surface area (Å²) in [5.74, 6) is 0. The van der Waals surface area contributed by atoms with Crippen molar-refractivity contribution in [2.24, 2.45) is 0 Å². The fraction of sp³-hybridized carbons (Fsp3) is 1.00. The molecule has 0 aromatic heterocycles. The van der Waals surface area contributed by atoms with Crippen molar-refractivity contribution in [3.63, 3.8) is 0 Å². The average Bonchev–Trinajstić information content (AvgIpc) is 1.69. The monoisotopic (exact) mass is 102 g/mol. The van der Waals surface area contributed by atoms with Gasteiger partial charge in [-0.05, 0) is 6.92 Å². The first kappa shape index (κ1) is 5.06. The Hall–Kier alpha value is -0.0800. The summed E-state index contributed by atoms with van der Waals surface area (Å²) in [7, 11) is 0. The molecule has 0 spiro atoms. The molecule has 2 heteroatoms. The molecule has 0 aliphatic carbocycles. The van der Waals surface area contributed by atoms with Crippen LogP contribution >= 0.6 is 0 Å². The van der Waals surface area contributed by atoms with Crippen LogP contribution in [0.2, 0.25) is 0 Å². The SMILES string of the molecule is C[C@@H]1COCC[NH2+]1. The van der Waals surface area contributed by atoms with Crippen molar-refractivity contribution in [2.45, 2.75) is 13.0 Å². The average molecular weight is 102 g/mol. The van der Waals surface area contributed by atoms with Gasteiger partial charge in [-0.25, -0.2) is 0 Å². The number of quaternary nitrogens is 1. The van der Waals surface area contributed by atoms with Gasteiger partial charge in [0.05, 0.1) is 19.8 Å². The summed E-state index contributed by atoms with van der Waals surface area (Å²) in [4.78, 5) is 0. The Labute approximate surface area is 43.9 Å². The van der Waals surface area contributed by atoms with Gasteiger partial charge in [-0.15, -0.1) is 0 Å². The molecule has 1 aliphatic rings. The van der Waals surface area contributed by atoms with E-state index >= 15 is 0 Å². The molecule has 1 heterocycles. The Kier molecular flexibility index (Phi) is 1.65. The zero-order valence-corrected chi connectivity index (χ0v) is 4.68. The predicted molar refractivity (Wildman–Crippen MR) is 27.1 cm³/mol. The highest BCUT2D eigenvalue weighted by Gasteiger charge is 2.08. The summed E-state index contributed by atoms with van der Waals surface area (Å²) in [5.41, 5.74) is 0. The molecule has 7 heavy (non-hydrogen) atoms. The molecular formula is C5H12NO+. The number of nitrogens with two attached hydrogens (primary N) is 1. The minimum Gasteiger partial charge on any atom is -0.369 e. The minimum absolute atomic E-state index is 0.689. The van der Waals surface area contributed by atoms with Crippen LogP contribution in [0.3, 0.4) is 0 Å². The molecule has 0 bridgehead atoms. The van der Waals surface area contributed by atoms with E-state index in [1.165, 1.54) is 0 Å². The van der Waals surface area contributed by atoms with Crippen LogP contribution in [0, 0.1) is 0 Å². The largest absolute Gasteiger partial charge is 0.369 e. The van der Waals surface area contributed by atoms with Crippen LogP contribution in [-0.2, 0) is 4.74 Å². The van der Waals surface area contributed by atoms with Gasteiger partial charge in [0.2, 0.25) is 0 Å². The van der Waals surface area contributed by atoms with Gasteiger partial charge in [-0.1, -0.05) is 0 Å². The Morgan fingerprint density at radius 1 is 1.71 bits per heavy atom. The molecule has 0 amide bonds. The zero-order valence-electron chi connectivity index (χ0n) is 4.68. The van der Waals surface area contributed by atoms with Crippen molar-refractivity contribution in [1.82, 2.24) is 0 Å². The van der Waals surface area contributed by atoms with Crippen LogP contribution < -0.4 is 5.32 Å². The molecule has 1 saturated heterocycles. The Balaban J connectivity index is 2.12. The van der Waals surface area contributed by atoms with E-state index in [1.807, 2.05) is 0 Å². The zero-order chi connectivity index (χ0) is 5.11. The van der Waals surface area contributed by atoms with Gasteiger partial charge in [0.15, 0.2) is 0 Å². The fourth-order valence-corrected chi connectivity index (χ4v) is 0.773. The highest BCUT2D eigenvalue weighted by Crippen LogP contribution is 1.80. The molecule has 2 N–H and O–H groups in total. The number of hydrogen-bond donors (Lipinski definition) is 1. The first-order chi connectivity index (χ1) is 3.39. The predicted octanol–water partition coefficient (Wildman–Crippen LogP) is -1.03. The number of ether oxygens (including phenoxy) is 1. The standard InChI is InChI=1S/C5H11NO/c1-5-4-7-3-2-6-5/h5-6H,2-4H2,1H3/p+1/t5-/m1/s1. The molecule has 1 aliphatic heterocycles. The van der Waals surface area contributed by atoms with Crippen LogP contribution in [0.4, 0.5) is 0 Å². The Bertz CT molecular complexity index is 50.0. The molecule has 0 saturated carbocycles. The van der Waals surface area contributed by atoms with Crippen molar-refractivity contribution >= 4 is 0 Å². The Morgan fingerprint density at radius 3 is 2.86 bits per heavy atom. The maximum atomic E-state index is 5.15. The van der Waals surface area contributed by atoms with Gasteiger partial charge < -0.3 is 10.1 Å². The molecule has 0 aromatic rings. The quantitative estimate of drug-likeness (QED) is 0.416. The molecule has 1 atom stereocenters. The van der Waals surface area contributed by atoms with Crippen LogP contribution in [0.25, 0.3) is 0 Å². The lowest BCUT2D eigenvalue weighted by Gasteiger charge is -2.15. The molecular weight excluding hydrogens is 90.1 g/mol. The molecule has 1 fully saturated rings. The second-order valence-corrected chi connectivity index (χ2v) is 2.08. The Morgan fingerprint density at radius 2 is 2.57 bits per heavy atom. The highest BCUT2D eigenvalue weighted by atomic mass is 16.5. The highest BCUT2D eigenvalue weighted by molar-refractivity contribution is 4.44. The lowest BCUT2D eigenvalue weighted by molar-refractivity contribution is -0.701. The first-order valence-corrected chi connectivity index (χ1v) is 2.80. The summed E-state index contributed by atoms with van der Waals surface area (Å²) in [6, 6.07) is 0.689. The van der Waals surface area contributed by atoms with Crippen molar-refractivity contribution in [2.75, 3.05) is 19.8 Å². The molecule has 2 nitrogen and oxygen atoms in total. The normalized spacial score (nSPS) is 33.0. The maximum absolute atomic E-state index is 5.15. The van der Waals surface area contributed by atoms with Crippen LogP contribution in [0.1, 0.15) is 6.92 Å². The third-order valence-corrected chi connectivity index (χ3v) is 1.21.